The lowest BCUT2D eigenvalue weighted by Crippen LogP contribution is -2.50. The van der Waals surface area contributed by atoms with Crippen LogP contribution in [0.1, 0.15) is 18.4 Å². The van der Waals surface area contributed by atoms with Gasteiger partial charge in [0.1, 0.15) is 12.4 Å². The van der Waals surface area contributed by atoms with E-state index < -0.39 is 10.0 Å². The molecule has 1 N–H and O–H groups in total. The number of ether oxygens (including phenoxy) is 1. The van der Waals surface area contributed by atoms with Crippen molar-refractivity contribution in [1.29, 1.82) is 0 Å². The molecule has 0 bridgehead atoms. The van der Waals surface area contributed by atoms with Gasteiger partial charge in [-0.3, -0.25) is 4.79 Å². The summed E-state index contributed by atoms with van der Waals surface area (Å²) >= 11 is 3.41. The van der Waals surface area contributed by atoms with Crippen LogP contribution < -0.4 is 9.46 Å². The van der Waals surface area contributed by atoms with E-state index in [0.717, 1.165) is 34.9 Å². The smallest absolute Gasteiger partial charge is 0.253 e. The zero-order valence-electron chi connectivity index (χ0n) is 13.3. The monoisotopic (exact) mass is 414 g/mol. The molecule has 8 heteroatoms. The number of amides is 1. The summed E-state index contributed by atoms with van der Waals surface area (Å²) in [5.74, 6) is 0.658. The first-order valence-electron chi connectivity index (χ1n) is 7.71. The SMILES string of the molecule is CS(=O)(=O)N[C@@H]1CCCN(C(=O)C2=Cc3cc(Br)ccc3OC2)C1. The molecule has 0 aliphatic carbocycles. The Balaban J connectivity index is 1.74. The molecule has 24 heavy (non-hydrogen) atoms. The van der Waals surface area contributed by atoms with Crippen molar-refractivity contribution >= 4 is 37.9 Å². The van der Waals surface area contributed by atoms with Gasteiger partial charge in [0.15, 0.2) is 0 Å². The molecule has 0 aromatic heterocycles. The second kappa shape index (κ2) is 6.85. The number of nitrogens with zero attached hydrogens (tertiary/aromatic N) is 1. The molecule has 1 amide bonds. The van der Waals surface area contributed by atoms with E-state index in [1.54, 1.807) is 4.90 Å². The molecule has 2 aliphatic heterocycles. The summed E-state index contributed by atoms with van der Waals surface area (Å²) in [4.78, 5) is 14.4. The van der Waals surface area contributed by atoms with E-state index in [-0.39, 0.29) is 18.6 Å². The normalized spacial score (nSPS) is 20.8. The number of piperidine rings is 1. The van der Waals surface area contributed by atoms with Crippen molar-refractivity contribution < 1.29 is 17.9 Å². The highest BCUT2D eigenvalue weighted by atomic mass is 79.9. The lowest BCUT2D eigenvalue weighted by molar-refractivity contribution is -0.128. The molecule has 6 nitrogen and oxygen atoms in total. The van der Waals surface area contributed by atoms with Crippen LogP contribution >= 0.6 is 15.9 Å². The predicted octanol–water partition coefficient (Wildman–Crippen LogP) is 1.77. The number of rotatable bonds is 3. The minimum atomic E-state index is -3.27. The molecular weight excluding hydrogens is 396 g/mol. The number of halogens is 1. The fraction of sp³-hybridized carbons (Fsp3) is 0.438. The summed E-state index contributed by atoms with van der Waals surface area (Å²) in [6.07, 6.45) is 4.50. The lowest BCUT2D eigenvalue weighted by Gasteiger charge is -2.33. The van der Waals surface area contributed by atoms with Crippen molar-refractivity contribution in [1.82, 2.24) is 9.62 Å². The number of likely N-dealkylation sites (tertiary alicyclic amines) is 1. The molecule has 1 atom stereocenters. The maximum absolute atomic E-state index is 12.7. The van der Waals surface area contributed by atoms with Crippen molar-refractivity contribution in [2.45, 2.75) is 18.9 Å². The Bertz CT molecular complexity index is 791. The van der Waals surface area contributed by atoms with Gasteiger partial charge in [-0.1, -0.05) is 15.9 Å². The van der Waals surface area contributed by atoms with Gasteiger partial charge in [0.25, 0.3) is 5.91 Å². The van der Waals surface area contributed by atoms with Crippen LogP contribution in [-0.2, 0) is 14.8 Å². The summed E-state index contributed by atoms with van der Waals surface area (Å²) in [5, 5.41) is 0. The molecule has 0 unspecified atom stereocenters. The molecule has 0 spiro atoms. The van der Waals surface area contributed by atoms with E-state index in [1.165, 1.54) is 0 Å². The Kier molecular flexibility index (Phi) is 4.98. The molecule has 1 aromatic rings. The number of hydrogen-bond donors (Lipinski definition) is 1. The maximum Gasteiger partial charge on any atom is 0.253 e. The van der Waals surface area contributed by atoms with Gasteiger partial charge in [-0.15, -0.1) is 0 Å². The van der Waals surface area contributed by atoms with E-state index in [9.17, 15) is 13.2 Å². The minimum absolute atomic E-state index is 0.0966. The van der Waals surface area contributed by atoms with E-state index in [1.807, 2.05) is 24.3 Å². The average Bonchev–Trinajstić information content (AvgIpc) is 2.52. The van der Waals surface area contributed by atoms with Crippen LogP contribution in [0.25, 0.3) is 6.08 Å². The van der Waals surface area contributed by atoms with Gasteiger partial charge in [-0.2, -0.15) is 0 Å². The van der Waals surface area contributed by atoms with Crippen LogP contribution in [0.3, 0.4) is 0 Å². The van der Waals surface area contributed by atoms with Crippen molar-refractivity contribution in [3.63, 3.8) is 0 Å². The van der Waals surface area contributed by atoms with Gasteiger partial charge in [0.2, 0.25) is 10.0 Å². The molecule has 0 saturated carbocycles. The second-order valence-corrected chi connectivity index (χ2v) is 8.82. The number of carbonyl (C=O) groups excluding carboxylic acids is 1. The summed E-state index contributed by atoms with van der Waals surface area (Å²) in [5.41, 5.74) is 1.45. The fourth-order valence-corrected chi connectivity index (χ4v) is 4.21. The molecule has 1 aromatic carbocycles. The molecule has 130 valence electrons. The molecule has 3 rings (SSSR count). The van der Waals surface area contributed by atoms with E-state index >= 15 is 0 Å². The third kappa shape index (κ3) is 4.17. The van der Waals surface area contributed by atoms with Crippen molar-refractivity contribution in [3.05, 3.63) is 33.8 Å². The van der Waals surface area contributed by atoms with Crippen LogP contribution in [0.5, 0.6) is 5.75 Å². The van der Waals surface area contributed by atoms with E-state index in [4.69, 9.17) is 4.74 Å². The minimum Gasteiger partial charge on any atom is -0.488 e. The number of nitrogens with one attached hydrogen (secondary N) is 1. The zero-order chi connectivity index (χ0) is 17.3. The molecule has 0 radical (unpaired) electrons. The standard InChI is InChI=1S/C16H19BrN2O4S/c1-24(21,22)18-14-3-2-6-19(9-14)16(20)12-7-11-8-13(17)4-5-15(11)23-10-12/h4-5,7-8,14,18H,2-3,6,9-10H2,1H3/t14-/m1/s1. The summed E-state index contributed by atoms with van der Waals surface area (Å²) in [6, 6.07) is 5.44. The highest BCUT2D eigenvalue weighted by Gasteiger charge is 2.28. The summed E-state index contributed by atoms with van der Waals surface area (Å²) < 4.78 is 32.0. The average molecular weight is 415 g/mol. The Labute approximate surface area is 150 Å². The van der Waals surface area contributed by atoms with Gasteiger partial charge in [0.05, 0.1) is 11.8 Å². The lowest BCUT2D eigenvalue weighted by atomic mass is 10.0. The van der Waals surface area contributed by atoms with E-state index in [2.05, 4.69) is 20.7 Å². The van der Waals surface area contributed by atoms with Crippen LogP contribution in [0.2, 0.25) is 0 Å². The molecule has 1 saturated heterocycles. The topological polar surface area (TPSA) is 75.7 Å². The first kappa shape index (κ1) is 17.4. The number of carbonyl (C=O) groups is 1. The number of sulfonamides is 1. The van der Waals surface area contributed by atoms with Gasteiger partial charge >= 0.3 is 0 Å². The molecule has 1 fully saturated rings. The third-order valence-electron chi connectivity index (χ3n) is 4.05. The molecular formula is C16H19BrN2O4S. The molecule has 2 aliphatic rings. The first-order chi connectivity index (χ1) is 11.3. The van der Waals surface area contributed by atoms with Crippen molar-refractivity contribution in [2.24, 2.45) is 0 Å². The second-order valence-electron chi connectivity index (χ2n) is 6.12. The first-order valence-corrected chi connectivity index (χ1v) is 10.4. The number of fused-ring (bicyclic) bond motifs is 1. The predicted molar refractivity (Wildman–Crippen MR) is 95.2 cm³/mol. The van der Waals surface area contributed by atoms with Crippen molar-refractivity contribution in [3.8, 4) is 5.75 Å². The van der Waals surface area contributed by atoms with Crippen molar-refractivity contribution in [2.75, 3.05) is 26.0 Å². The number of benzene rings is 1. The maximum atomic E-state index is 12.7. The Morgan fingerprint density at radius 1 is 1.42 bits per heavy atom. The highest BCUT2D eigenvalue weighted by Crippen LogP contribution is 2.30. The largest absolute Gasteiger partial charge is 0.488 e. The quantitative estimate of drug-likeness (QED) is 0.817. The van der Waals surface area contributed by atoms with Crippen LogP contribution in [-0.4, -0.2) is 51.2 Å². The Morgan fingerprint density at radius 3 is 2.96 bits per heavy atom. The fourth-order valence-electron chi connectivity index (χ4n) is 3.04. The van der Waals surface area contributed by atoms with Gasteiger partial charge in [-0.25, -0.2) is 13.1 Å². The van der Waals surface area contributed by atoms with E-state index in [0.29, 0.717) is 18.7 Å². The van der Waals surface area contributed by atoms with Crippen LogP contribution in [0, 0.1) is 0 Å². The summed E-state index contributed by atoms with van der Waals surface area (Å²) in [6.45, 7) is 1.24. The third-order valence-corrected chi connectivity index (χ3v) is 5.30. The van der Waals surface area contributed by atoms with Crippen LogP contribution in [0.15, 0.2) is 28.2 Å². The van der Waals surface area contributed by atoms with Crippen LogP contribution in [0.4, 0.5) is 0 Å². The molecule has 2 heterocycles. The highest BCUT2D eigenvalue weighted by molar-refractivity contribution is 9.10. The van der Waals surface area contributed by atoms with Gasteiger partial charge < -0.3 is 9.64 Å². The number of hydrogen-bond acceptors (Lipinski definition) is 4. The Hall–Kier alpha value is -1.38. The van der Waals surface area contributed by atoms with Gasteiger partial charge in [-0.05, 0) is 37.1 Å². The summed E-state index contributed by atoms with van der Waals surface area (Å²) in [7, 11) is -3.27. The zero-order valence-corrected chi connectivity index (χ0v) is 15.7. The van der Waals surface area contributed by atoms with Gasteiger partial charge in [0, 0.05) is 29.2 Å². The Morgan fingerprint density at radius 2 is 2.21 bits per heavy atom.